The van der Waals surface area contributed by atoms with Crippen molar-refractivity contribution in [1.29, 1.82) is 0 Å². The molecule has 0 fully saturated rings. The third kappa shape index (κ3) is 13.1. The van der Waals surface area contributed by atoms with Crippen LogP contribution in [0.15, 0.2) is 0 Å². The standard InChI is InChI=1S/C9H14N2O2S8/c1-5(11-7(15)19-21-9(17)13-3)4-10-6(14)18-20-8(16)12-2/h5H,4H2,1-3H3,(H,10,14)(H,11,15). The van der Waals surface area contributed by atoms with Crippen LogP contribution >= 0.6 is 92.0 Å². The lowest BCUT2D eigenvalue weighted by atomic mass is 10.3. The third-order valence-corrected chi connectivity index (χ3v) is 8.23. The van der Waals surface area contributed by atoms with Gasteiger partial charge in [0.15, 0.2) is 0 Å². The minimum Gasteiger partial charge on any atom is -0.481 e. The molecule has 120 valence electrons. The van der Waals surface area contributed by atoms with Crippen LogP contribution in [0.25, 0.3) is 0 Å². The van der Waals surface area contributed by atoms with Gasteiger partial charge in [0, 0.05) is 34.2 Å². The van der Waals surface area contributed by atoms with E-state index in [9.17, 15) is 0 Å². The lowest BCUT2D eigenvalue weighted by Crippen LogP contribution is -2.39. The van der Waals surface area contributed by atoms with Crippen molar-refractivity contribution in [2.24, 2.45) is 0 Å². The molecule has 21 heavy (non-hydrogen) atoms. The van der Waals surface area contributed by atoms with Crippen LogP contribution < -0.4 is 10.6 Å². The average molecular weight is 439 g/mol. The number of hydrogen-bond donors (Lipinski definition) is 2. The van der Waals surface area contributed by atoms with Crippen LogP contribution in [0.4, 0.5) is 0 Å². The third-order valence-electron chi connectivity index (χ3n) is 1.62. The molecule has 4 nitrogen and oxygen atoms in total. The van der Waals surface area contributed by atoms with E-state index in [1.165, 1.54) is 57.4 Å². The fourth-order valence-corrected chi connectivity index (χ4v) is 4.67. The number of methoxy groups -OCH3 is 2. The Morgan fingerprint density at radius 3 is 1.86 bits per heavy atom. The molecule has 0 aromatic carbocycles. The zero-order valence-electron chi connectivity index (χ0n) is 11.4. The molecule has 0 aromatic heterocycles. The topological polar surface area (TPSA) is 42.5 Å². The van der Waals surface area contributed by atoms with Gasteiger partial charge in [0.05, 0.1) is 14.2 Å². The molecule has 0 aliphatic rings. The van der Waals surface area contributed by atoms with Crippen molar-refractivity contribution in [2.45, 2.75) is 13.0 Å². The van der Waals surface area contributed by atoms with Gasteiger partial charge in [0.2, 0.25) is 8.77 Å². The Morgan fingerprint density at radius 2 is 1.38 bits per heavy atom. The van der Waals surface area contributed by atoms with Crippen molar-refractivity contribution in [3.63, 3.8) is 0 Å². The molecule has 0 aliphatic carbocycles. The van der Waals surface area contributed by atoms with Crippen LogP contribution in [0.5, 0.6) is 0 Å². The van der Waals surface area contributed by atoms with E-state index in [1.807, 2.05) is 6.92 Å². The largest absolute Gasteiger partial charge is 0.481 e. The summed E-state index contributed by atoms with van der Waals surface area (Å²) in [6.07, 6.45) is 0. The highest BCUT2D eigenvalue weighted by atomic mass is 33.1. The molecule has 0 aliphatic heterocycles. The molecule has 1 unspecified atom stereocenters. The van der Waals surface area contributed by atoms with E-state index in [1.54, 1.807) is 0 Å². The van der Waals surface area contributed by atoms with Crippen LogP contribution in [0.3, 0.4) is 0 Å². The van der Waals surface area contributed by atoms with Gasteiger partial charge in [-0.15, -0.1) is 0 Å². The maximum absolute atomic E-state index is 5.19. The molecule has 0 spiro atoms. The Labute approximate surface area is 162 Å². The number of rotatable bonds is 3. The van der Waals surface area contributed by atoms with Gasteiger partial charge in [0.25, 0.3) is 0 Å². The zero-order chi connectivity index (χ0) is 16.3. The Hall–Kier alpha value is 0.960. The van der Waals surface area contributed by atoms with Gasteiger partial charge in [-0.2, -0.15) is 0 Å². The smallest absolute Gasteiger partial charge is 0.230 e. The highest BCUT2D eigenvalue weighted by Crippen LogP contribution is 2.25. The van der Waals surface area contributed by atoms with Crippen LogP contribution in [0.1, 0.15) is 6.92 Å². The van der Waals surface area contributed by atoms with Crippen molar-refractivity contribution in [2.75, 3.05) is 20.8 Å². The SMILES string of the molecule is COC(=S)SSC(=S)NCC(C)NC(=S)SSC(=S)OC. The molecule has 0 saturated carbocycles. The maximum Gasteiger partial charge on any atom is 0.230 e. The minimum atomic E-state index is 0.125. The predicted octanol–water partition coefficient (Wildman–Crippen LogP) is 3.75. The Morgan fingerprint density at radius 1 is 0.905 bits per heavy atom. The zero-order valence-corrected chi connectivity index (χ0v) is 17.9. The van der Waals surface area contributed by atoms with Gasteiger partial charge in [0.1, 0.15) is 8.64 Å². The second kappa shape index (κ2) is 13.4. The quantitative estimate of drug-likeness (QED) is 0.498. The summed E-state index contributed by atoms with van der Waals surface area (Å²) in [7, 11) is 8.38. The van der Waals surface area contributed by atoms with Crippen molar-refractivity contribution >= 4 is 109 Å². The Bertz CT molecular complexity index is 392. The molecular weight excluding hydrogens is 425 g/mol. The molecule has 0 amide bonds. The summed E-state index contributed by atoms with van der Waals surface area (Å²) in [6, 6.07) is 0.125. The summed E-state index contributed by atoms with van der Waals surface area (Å²) in [6.45, 7) is 2.64. The van der Waals surface area contributed by atoms with E-state index >= 15 is 0 Å². The van der Waals surface area contributed by atoms with Gasteiger partial charge in [-0.25, -0.2) is 0 Å². The molecule has 12 heteroatoms. The molecule has 1 atom stereocenters. The molecule has 0 radical (unpaired) electrons. The summed E-state index contributed by atoms with van der Waals surface area (Å²) in [5, 5.41) is 6.27. The van der Waals surface area contributed by atoms with Crippen LogP contribution in [-0.2, 0) is 9.47 Å². The normalized spacial score (nSPS) is 11.2. The molecule has 0 aromatic rings. The minimum absolute atomic E-state index is 0.125. The van der Waals surface area contributed by atoms with E-state index in [4.69, 9.17) is 58.3 Å². The molecule has 0 heterocycles. The maximum atomic E-state index is 5.19. The number of nitrogens with one attached hydrogen (secondary N) is 2. The molecule has 2 N–H and O–H groups in total. The first kappa shape index (κ1) is 22.0. The second-order valence-corrected chi connectivity index (χ2v) is 10.1. The van der Waals surface area contributed by atoms with Gasteiger partial charge < -0.3 is 20.1 Å². The van der Waals surface area contributed by atoms with Crippen molar-refractivity contribution in [3.05, 3.63) is 0 Å². The van der Waals surface area contributed by atoms with Crippen LogP contribution in [-0.4, -0.2) is 44.2 Å². The fraction of sp³-hybridized carbons (Fsp3) is 0.556. The number of ether oxygens (including phenoxy) is 2. The van der Waals surface area contributed by atoms with Gasteiger partial charge in [-0.1, -0.05) is 24.4 Å². The first-order valence-electron chi connectivity index (χ1n) is 5.32. The van der Waals surface area contributed by atoms with E-state index in [0.717, 1.165) is 0 Å². The molecule has 0 rings (SSSR count). The fourth-order valence-electron chi connectivity index (χ4n) is 0.754. The number of thiocarbonyl (C=S) groups is 4. The molecule has 0 bridgehead atoms. The molecule has 0 saturated heterocycles. The van der Waals surface area contributed by atoms with Crippen LogP contribution in [0, 0.1) is 0 Å². The first-order chi connectivity index (χ1) is 9.88. The first-order valence-corrected chi connectivity index (χ1v) is 11.3. The van der Waals surface area contributed by atoms with Gasteiger partial charge in [-0.05, 0) is 52.9 Å². The lowest BCUT2D eigenvalue weighted by Gasteiger charge is -2.16. The van der Waals surface area contributed by atoms with Gasteiger partial charge >= 0.3 is 0 Å². The lowest BCUT2D eigenvalue weighted by molar-refractivity contribution is 0.426. The van der Waals surface area contributed by atoms with Crippen molar-refractivity contribution < 1.29 is 9.47 Å². The Kier molecular flexibility index (Phi) is 14.0. The molecular formula is C9H14N2O2S8. The summed E-state index contributed by atoms with van der Waals surface area (Å²) < 4.78 is 11.9. The number of hydrogen-bond acceptors (Lipinski definition) is 10. The van der Waals surface area contributed by atoms with Crippen LogP contribution in [0.2, 0.25) is 0 Å². The van der Waals surface area contributed by atoms with Gasteiger partial charge in [-0.3, -0.25) is 0 Å². The van der Waals surface area contributed by atoms with E-state index in [0.29, 0.717) is 24.0 Å². The summed E-state index contributed by atoms with van der Waals surface area (Å²) >= 11 is 20.2. The summed E-state index contributed by atoms with van der Waals surface area (Å²) in [4.78, 5) is 0. The highest BCUT2D eigenvalue weighted by Gasteiger charge is 2.08. The summed E-state index contributed by atoms with van der Waals surface area (Å²) in [5.74, 6) is 0. The highest BCUT2D eigenvalue weighted by molar-refractivity contribution is 8.89. The van der Waals surface area contributed by atoms with Crippen molar-refractivity contribution in [1.82, 2.24) is 10.6 Å². The van der Waals surface area contributed by atoms with E-state index < -0.39 is 0 Å². The van der Waals surface area contributed by atoms with Crippen molar-refractivity contribution in [3.8, 4) is 0 Å². The second-order valence-electron chi connectivity index (χ2n) is 3.24. The predicted molar refractivity (Wildman–Crippen MR) is 115 cm³/mol. The summed E-state index contributed by atoms with van der Waals surface area (Å²) in [5.41, 5.74) is 0. The average Bonchev–Trinajstić information content (AvgIpc) is 2.47. The van der Waals surface area contributed by atoms with E-state index in [-0.39, 0.29) is 6.04 Å². The Balaban J connectivity index is 3.80. The van der Waals surface area contributed by atoms with E-state index in [2.05, 4.69) is 10.6 Å². The monoisotopic (exact) mass is 438 g/mol.